The summed E-state index contributed by atoms with van der Waals surface area (Å²) in [6, 6.07) is 2.22. The first-order valence-electron chi connectivity index (χ1n) is 7.59. The normalized spacial score (nSPS) is 20.8. The quantitative estimate of drug-likeness (QED) is 0.770. The van der Waals surface area contributed by atoms with Gasteiger partial charge in [-0.05, 0) is 43.9 Å². The fourth-order valence-corrected chi connectivity index (χ4v) is 3.33. The van der Waals surface area contributed by atoms with Crippen molar-refractivity contribution in [3.05, 3.63) is 29.6 Å². The molecule has 3 rings (SSSR count). The number of benzene rings is 1. The number of guanidine groups is 2. The smallest absolute Gasteiger partial charge is 0.369 e. The van der Waals surface area contributed by atoms with Crippen molar-refractivity contribution in [3.8, 4) is 0 Å². The largest absolute Gasteiger partial charge is 0.416 e. The molecule has 5 nitrogen and oxygen atoms in total. The van der Waals surface area contributed by atoms with Crippen molar-refractivity contribution in [1.82, 2.24) is 0 Å². The predicted octanol–water partition coefficient (Wildman–Crippen LogP) is 2.95. The highest BCUT2D eigenvalue weighted by Crippen LogP contribution is 2.41. The Kier molecular flexibility index (Phi) is 3.89. The van der Waals surface area contributed by atoms with Crippen molar-refractivity contribution < 1.29 is 17.6 Å². The molecule has 1 aromatic rings. The fourth-order valence-electron chi connectivity index (χ4n) is 3.33. The van der Waals surface area contributed by atoms with Gasteiger partial charge in [0.25, 0.3) is 0 Å². The molecule has 1 aromatic carbocycles. The second-order valence-electron chi connectivity index (χ2n) is 5.98. The molecule has 1 aliphatic carbocycles. The van der Waals surface area contributed by atoms with Crippen LogP contribution in [0.5, 0.6) is 0 Å². The maximum atomic E-state index is 14.4. The molecule has 0 bridgehead atoms. The highest BCUT2D eigenvalue weighted by atomic mass is 19.4. The maximum absolute atomic E-state index is 14.4. The zero-order valence-corrected chi connectivity index (χ0v) is 12.8. The maximum Gasteiger partial charge on any atom is 0.416 e. The van der Waals surface area contributed by atoms with E-state index in [1.165, 1.54) is 4.90 Å². The van der Waals surface area contributed by atoms with Crippen molar-refractivity contribution in [2.45, 2.75) is 43.9 Å². The minimum atomic E-state index is -4.59. The molecule has 130 valence electrons. The molecular formula is C15H17F4N5. The average molecular weight is 343 g/mol. The van der Waals surface area contributed by atoms with Crippen molar-refractivity contribution in [1.29, 1.82) is 0 Å². The topological polar surface area (TPSA) is 80.0 Å². The lowest BCUT2D eigenvalue weighted by atomic mass is 9.87. The lowest BCUT2D eigenvalue weighted by Gasteiger charge is -2.45. The van der Waals surface area contributed by atoms with Crippen molar-refractivity contribution in [2.75, 3.05) is 4.90 Å². The third kappa shape index (κ3) is 2.78. The number of aliphatic imine (C=N–C) groups is 2. The molecular weight excluding hydrogens is 326 g/mol. The fraction of sp³-hybridized carbons (Fsp3) is 0.467. The standard InChI is InChI=1S/C15H17F4N5/c16-10-5-4-9(15(17,18)19)8-11(10)24-13(21)22-12(20)23-14(24)6-2-1-3-7-14/h4-5,8H,1-3,6-7H2,(H4,20,21,22,23). The molecule has 24 heavy (non-hydrogen) atoms. The van der Waals surface area contributed by atoms with E-state index in [1.54, 1.807) is 0 Å². The van der Waals surface area contributed by atoms with Crippen LogP contribution in [-0.2, 0) is 6.18 Å². The van der Waals surface area contributed by atoms with Gasteiger partial charge in [-0.3, -0.25) is 4.90 Å². The lowest BCUT2D eigenvalue weighted by Crippen LogP contribution is -2.58. The van der Waals surface area contributed by atoms with Gasteiger partial charge >= 0.3 is 6.18 Å². The Morgan fingerprint density at radius 2 is 1.75 bits per heavy atom. The number of nitrogens with zero attached hydrogens (tertiary/aromatic N) is 3. The molecule has 4 N–H and O–H groups in total. The van der Waals surface area contributed by atoms with E-state index >= 15 is 0 Å². The average Bonchev–Trinajstić information content (AvgIpc) is 2.48. The van der Waals surface area contributed by atoms with E-state index in [4.69, 9.17) is 11.5 Å². The Labute approximate surface area is 136 Å². The number of hydrogen-bond acceptors (Lipinski definition) is 5. The zero-order chi connectivity index (χ0) is 17.5. The van der Waals surface area contributed by atoms with E-state index in [-0.39, 0.29) is 17.6 Å². The van der Waals surface area contributed by atoms with Crippen LogP contribution in [0.3, 0.4) is 0 Å². The molecule has 0 atom stereocenters. The van der Waals surface area contributed by atoms with Crippen molar-refractivity contribution >= 4 is 17.6 Å². The van der Waals surface area contributed by atoms with Gasteiger partial charge in [0.15, 0.2) is 0 Å². The van der Waals surface area contributed by atoms with E-state index < -0.39 is 23.2 Å². The van der Waals surface area contributed by atoms with Crippen LogP contribution >= 0.6 is 0 Å². The Hall–Kier alpha value is -2.32. The summed E-state index contributed by atoms with van der Waals surface area (Å²) in [7, 11) is 0. The van der Waals surface area contributed by atoms with E-state index in [2.05, 4.69) is 9.98 Å². The first kappa shape index (κ1) is 16.5. The first-order chi connectivity index (χ1) is 11.2. The van der Waals surface area contributed by atoms with Gasteiger partial charge in [0.05, 0.1) is 11.3 Å². The minimum Gasteiger partial charge on any atom is -0.369 e. The number of nitrogens with two attached hydrogens (primary N) is 2. The summed E-state index contributed by atoms with van der Waals surface area (Å²) in [6.07, 6.45) is -1.01. The third-order valence-electron chi connectivity index (χ3n) is 4.37. The van der Waals surface area contributed by atoms with Gasteiger partial charge in [0.1, 0.15) is 11.5 Å². The Bertz CT molecular complexity index is 704. The van der Waals surface area contributed by atoms with Crippen LogP contribution in [0.1, 0.15) is 37.7 Å². The summed E-state index contributed by atoms with van der Waals surface area (Å²) in [5, 5.41) is 0. The van der Waals surface area contributed by atoms with Gasteiger partial charge < -0.3 is 11.5 Å². The number of alkyl halides is 3. The van der Waals surface area contributed by atoms with Crippen molar-refractivity contribution in [2.24, 2.45) is 21.5 Å². The Morgan fingerprint density at radius 1 is 1.08 bits per heavy atom. The second kappa shape index (κ2) is 5.64. The summed E-state index contributed by atoms with van der Waals surface area (Å²) in [4.78, 5) is 9.40. The third-order valence-corrected chi connectivity index (χ3v) is 4.37. The first-order valence-corrected chi connectivity index (χ1v) is 7.59. The second-order valence-corrected chi connectivity index (χ2v) is 5.98. The molecule has 1 heterocycles. The number of hydrogen-bond donors (Lipinski definition) is 2. The number of rotatable bonds is 1. The SMILES string of the molecule is NC1=NC2(CCCCC2)N(c2cc(C(F)(F)F)ccc2F)C(N)=N1. The number of halogens is 4. The van der Waals surface area contributed by atoms with Gasteiger partial charge in [-0.25, -0.2) is 9.38 Å². The van der Waals surface area contributed by atoms with E-state index in [0.717, 1.165) is 31.4 Å². The Balaban J connectivity index is 2.14. The van der Waals surface area contributed by atoms with E-state index in [1.807, 2.05) is 0 Å². The van der Waals surface area contributed by atoms with E-state index in [0.29, 0.717) is 18.9 Å². The summed E-state index contributed by atoms with van der Waals surface area (Å²) in [5.41, 5.74) is 9.36. The molecule has 0 aromatic heterocycles. The molecule has 0 unspecified atom stereocenters. The molecule has 1 saturated carbocycles. The summed E-state index contributed by atoms with van der Waals surface area (Å²) < 4.78 is 53.4. The monoisotopic (exact) mass is 343 g/mol. The lowest BCUT2D eigenvalue weighted by molar-refractivity contribution is -0.137. The van der Waals surface area contributed by atoms with Gasteiger partial charge in [0, 0.05) is 0 Å². The molecule has 1 fully saturated rings. The van der Waals surface area contributed by atoms with Crippen LogP contribution in [0.25, 0.3) is 0 Å². The van der Waals surface area contributed by atoms with E-state index in [9.17, 15) is 17.6 Å². The highest BCUT2D eigenvalue weighted by molar-refractivity contribution is 6.05. The van der Waals surface area contributed by atoms with Gasteiger partial charge in [-0.1, -0.05) is 6.42 Å². The number of anilines is 1. The van der Waals surface area contributed by atoms with Crippen molar-refractivity contribution in [3.63, 3.8) is 0 Å². The molecule has 0 amide bonds. The summed E-state index contributed by atoms with van der Waals surface area (Å²) in [6.45, 7) is 0. The Morgan fingerprint density at radius 3 is 2.38 bits per heavy atom. The zero-order valence-electron chi connectivity index (χ0n) is 12.8. The van der Waals surface area contributed by atoms with Crippen LogP contribution in [0.2, 0.25) is 0 Å². The minimum absolute atomic E-state index is 0.0435. The molecule has 1 spiro atoms. The molecule has 9 heteroatoms. The molecule has 2 aliphatic rings. The molecule has 0 radical (unpaired) electrons. The predicted molar refractivity (Wildman–Crippen MR) is 82.9 cm³/mol. The van der Waals surface area contributed by atoms with Gasteiger partial charge in [-0.15, -0.1) is 0 Å². The van der Waals surface area contributed by atoms with Crippen LogP contribution in [0.15, 0.2) is 28.2 Å². The van der Waals surface area contributed by atoms with Gasteiger partial charge in [0.2, 0.25) is 11.9 Å². The summed E-state index contributed by atoms with van der Waals surface area (Å²) in [5.74, 6) is -1.01. The molecule has 1 aliphatic heterocycles. The molecule has 0 saturated heterocycles. The summed E-state index contributed by atoms with van der Waals surface area (Å²) >= 11 is 0. The highest BCUT2D eigenvalue weighted by Gasteiger charge is 2.44. The van der Waals surface area contributed by atoms with Crippen LogP contribution in [-0.4, -0.2) is 17.6 Å². The van der Waals surface area contributed by atoms with Crippen LogP contribution < -0.4 is 16.4 Å². The van der Waals surface area contributed by atoms with Crippen LogP contribution in [0, 0.1) is 5.82 Å². The van der Waals surface area contributed by atoms with Crippen LogP contribution in [0.4, 0.5) is 23.2 Å². The van der Waals surface area contributed by atoms with Gasteiger partial charge in [-0.2, -0.15) is 18.2 Å².